The Labute approximate surface area is 658 Å². The standard InChI is InChI=1S/C23H28O2.C22H26O3.C18H26O2.C16H18F4O2.C16H23NO2/c1-22(2,3)20(24)17-12-13-19(21(25)23(4,5)6)18(15-17)14-16-10-8-7-9-11-16;1-21(2,3)19(23)15-12-13-17(20(24)22(4,5)6)18(14-15)25-16-10-8-7-9-11-16;1-11-9-14(16(20)18(6,7)8)12(2)10-13(11)15(19)17(3,4)5;1-15(2,3)13(21)7-9(17)11(19)8(12(20)10(7)18)14(22)16(4,5)6;1-15(2,3)13(18)10-7-8-11(12(17)9-10)14(19)16(4,5)6/h7-13,15H,14H2,1-6H3;7-14H,1-6H3;9-10H,1-8H3;1-6H3;7-9H,17H2,1-6H3. The van der Waals surface area contributed by atoms with Gasteiger partial charge in [0.05, 0.1) is 16.7 Å². The second-order valence-corrected chi connectivity index (χ2v) is 38.7. The number of nitrogens with two attached hydrogens (primary N) is 1. The minimum atomic E-state index is -1.84. The van der Waals surface area contributed by atoms with Crippen LogP contribution in [0, 0.1) is 91.3 Å². The third-order valence-corrected chi connectivity index (χ3v) is 17.5. The van der Waals surface area contributed by atoms with Gasteiger partial charge in [-0.1, -0.05) is 281 Å². The van der Waals surface area contributed by atoms with Crippen molar-refractivity contribution in [3.8, 4) is 11.5 Å². The van der Waals surface area contributed by atoms with Gasteiger partial charge < -0.3 is 10.5 Å². The molecule has 0 saturated carbocycles. The topological polar surface area (TPSA) is 206 Å². The number of carbonyl (C=O) groups is 10. The lowest BCUT2D eigenvalue weighted by molar-refractivity contribution is 0.0828. The monoisotopic (exact) mass is 1530 g/mol. The Kier molecular flexibility index (Phi) is 31.0. The molecule has 0 saturated heterocycles. The average Bonchev–Trinajstić information content (AvgIpc) is 0.760. The highest BCUT2D eigenvalue weighted by Gasteiger charge is 2.40. The maximum absolute atomic E-state index is 14.1. The zero-order valence-electron chi connectivity index (χ0n) is 71.9. The van der Waals surface area contributed by atoms with E-state index in [0.717, 1.165) is 33.4 Å². The van der Waals surface area contributed by atoms with Crippen molar-refractivity contribution < 1.29 is 70.2 Å². The van der Waals surface area contributed by atoms with Crippen molar-refractivity contribution in [2.45, 2.75) is 228 Å². The fourth-order valence-electron chi connectivity index (χ4n) is 10.8. The van der Waals surface area contributed by atoms with Crippen LogP contribution in [0.15, 0.2) is 127 Å². The van der Waals surface area contributed by atoms with Gasteiger partial charge in [-0.05, 0) is 97.1 Å². The predicted octanol–water partition coefficient (Wildman–Crippen LogP) is 24.9. The van der Waals surface area contributed by atoms with E-state index in [0.29, 0.717) is 57.0 Å². The largest absolute Gasteiger partial charge is 0.457 e. The molecule has 0 spiro atoms. The van der Waals surface area contributed by atoms with E-state index in [-0.39, 0.29) is 46.3 Å². The molecule has 0 aliphatic heterocycles. The van der Waals surface area contributed by atoms with Crippen LogP contribution in [0.5, 0.6) is 11.5 Å². The molecule has 7 rings (SSSR count). The summed E-state index contributed by atoms with van der Waals surface area (Å²) in [6.07, 6.45) is 0.642. The maximum atomic E-state index is 14.1. The van der Waals surface area contributed by atoms with Crippen LogP contribution in [0.4, 0.5) is 23.2 Å². The number of para-hydroxylation sites is 1. The van der Waals surface area contributed by atoms with E-state index in [9.17, 15) is 65.5 Å². The summed E-state index contributed by atoms with van der Waals surface area (Å²) in [7, 11) is 0. The molecule has 0 radical (unpaired) electrons. The molecule has 7 aromatic rings. The maximum Gasteiger partial charge on any atom is 0.174 e. The molecule has 16 heteroatoms. The summed E-state index contributed by atoms with van der Waals surface area (Å²) in [5.74, 6) is -8.06. The second-order valence-electron chi connectivity index (χ2n) is 38.7. The quantitative estimate of drug-likeness (QED) is 0.0467. The fraction of sp³-hybridized carbons (Fsp3) is 0.453. The first kappa shape index (κ1) is 95.8. The van der Waals surface area contributed by atoms with Crippen LogP contribution < -0.4 is 10.5 Å². The van der Waals surface area contributed by atoms with Gasteiger partial charge in [0.1, 0.15) is 11.5 Å². The zero-order valence-corrected chi connectivity index (χ0v) is 71.9. The number of aryl methyl sites for hydroxylation is 2. The molecule has 111 heavy (non-hydrogen) atoms. The Balaban J connectivity index is 0.000000361. The molecule has 0 aromatic heterocycles. The second kappa shape index (κ2) is 35.9. The van der Waals surface area contributed by atoms with Crippen molar-refractivity contribution in [3.63, 3.8) is 0 Å². The molecule has 12 nitrogen and oxygen atoms in total. The minimum Gasteiger partial charge on any atom is -0.457 e. The smallest absolute Gasteiger partial charge is 0.174 e. The van der Waals surface area contributed by atoms with E-state index < -0.39 is 100 Å². The Hall–Kier alpha value is -9.44. The van der Waals surface area contributed by atoms with Gasteiger partial charge in [-0.15, -0.1) is 0 Å². The van der Waals surface area contributed by atoms with E-state index in [4.69, 9.17) is 10.5 Å². The van der Waals surface area contributed by atoms with Gasteiger partial charge in [0, 0.05) is 98.8 Å². The molecule has 2 N–H and O–H groups in total. The summed E-state index contributed by atoms with van der Waals surface area (Å²) in [4.78, 5) is 124. The summed E-state index contributed by atoms with van der Waals surface area (Å²) in [5, 5.41) is 0. The van der Waals surface area contributed by atoms with Gasteiger partial charge in [0.25, 0.3) is 0 Å². The number of Topliss-reactive ketones (excluding diaryl/α,β-unsaturated/α-hetero) is 10. The normalized spacial score (nSPS) is 12.2. The third-order valence-electron chi connectivity index (χ3n) is 17.5. The van der Waals surface area contributed by atoms with Crippen molar-refractivity contribution in [1.29, 1.82) is 0 Å². The fourth-order valence-corrected chi connectivity index (χ4v) is 10.8. The van der Waals surface area contributed by atoms with Crippen LogP contribution in [0.25, 0.3) is 0 Å². The van der Waals surface area contributed by atoms with Crippen molar-refractivity contribution in [2.24, 2.45) is 54.1 Å². The number of benzene rings is 7. The number of halogens is 4. The SMILES string of the molecule is CC(C)(C)C(=O)c1c(F)c(F)c(C(=O)C(C)(C)C)c(F)c1F.CC(C)(C)C(=O)c1ccc(C(=O)C(C)(C)C)c(Cc2ccccc2)c1.CC(C)(C)C(=O)c1ccc(C(=O)C(C)(C)C)c(N)c1.CC(C)(C)C(=O)c1ccc(C(=O)C(C)(C)C)c(Oc2ccccc2)c1.Cc1cc(C(=O)C(C)(C)C)c(C)cc1C(=O)C(C)(C)C. The van der Waals surface area contributed by atoms with E-state index in [1.54, 1.807) is 42.5 Å². The summed E-state index contributed by atoms with van der Waals surface area (Å²) >= 11 is 0. The number of hydrogen-bond donors (Lipinski definition) is 1. The minimum absolute atomic E-state index is 0.0140. The Morgan fingerprint density at radius 2 is 0.550 bits per heavy atom. The third kappa shape index (κ3) is 26.1. The van der Waals surface area contributed by atoms with Crippen LogP contribution >= 0.6 is 0 Å². The van der Waals surface area contributed by atoms with Gasteiger partial charge in [-0.3, -0.25) is 47.9 Å². The average molecular weight is 1530 g/mol. The van der Waals surface area contributed by atoms with E-state index >= 15 is 0 Å². The Morgan fingerprint density at radius 3 is 0.865 bits per heavy atom. The van der Waals surface area contributed by atoms with Gasteiger partial charge >= 0.3 is 0 Å². The Morgan fingerprint density at radius 1 is 0.288 bits per heavy atom. The van der Waals surface area contributed by atoms with Crippen molar-refractivity contribution in [1.82, 2.24) is 0 Å². The highest BCUT2D eigenvalue weighted by molar-refractivity contribution is 6.09. The van der Waals surface area contributed by atoms with E-state index in [1.165, 1.54) is 41.5 Å². The summed E-state index contributed by atoms with van der Waals surface area (Å²) < 4.78 is 62.3. The van der Waals surface area contributed by atoms with Gasteiger partial charge in [0.2, 0.25) is 0 Å². The number of anilines is 1. The molecule has 0 heterocycles. The number of nitrogen functional groups attached to an aromatic ring is 1. The van der Waals surface area contributed by atoms with Crippen LogP contribution in [0.3, 0.4) is 0 Å². The number of rotatable bonds is 14. The summed E-state index contributed by atoms with van der Waals surface area (Å²) in [5.41, 5.74) is 6.22. The summed E-state index contributed by atoms with van der Waals surface area (Å²) in [6, 6.07) is 38.6. The molecule has 0 fully saturated rings. The van der Waals surface area contributed by atoms with Gasteiger partial charge in [-0.25, -0.2) is 17.6 Å². The predicted molar refractivity (Wildman–Crippen MR) is 440 cm³/mol. The highest BCUT2D eigenvalue weighted by atomic mass is 19.2. The molecule has 600 valence electrons. The van der Waals surface area contributed by atoms with Crippen LogP contribution in [-0.2, 0) is 6.42 Å². The molecule has 0 unspecified atom stereocenters. The van der Waals surface area contributed by atoms with E-state index in [1.807, 2.05) is 265 Å². The molecule has 0 aliphatic carbocycles. The number of carbonyl (C=O) groups excluding carboxylic acids is 10. The molecular formula is C95H121F4NO11. The Bertz CT molecular complexity index is 4370. The molecule has 7 aromatic carbocycles. The van der Waals surface area contributed by atoms with Crippen LogP contribution in [-0.4, -0.2) is 57.8 Å². The molecule has 0 bridgehead atoms. The molecule has 0 aliphatic rings. The first-order valence-corrected chi connectivity index (χ1v) is 37.4. The van der Waals surface area contributed by atoms with Crippen molar-refractivity contribution in [3.05, 3.63) is 229 Å². The van der Waals surface area contributed by atoms with Gasteiger partial charge in [-0.2, -0.15) is 0 Å². The number of ketones is 10. The van der Waals surface area contributed by atoms with Gasteiger partial charge in [0.15, 0.2) is 81.1 Å². The van der Waals surface area contributed by atoms with Crippen molar-refractivity contribution in [2.75, 3.05) is 5.73 Å². The summed E-state index contributed by atoms with van der Waals surface area (Å²) in [6.45, 7) is 57.4. The first-order chi connectivity index (χ1) is 50.0. The highest BCUT2D eigenvalue weighted by Crippen LogP contribution is 2.38. The zero-order chi connectivity index (χ0) is 86.2. The lowest BCUT2D eigenvalue weighted by Crippen LogP contribution is -2.28. The molecular weight excluding hydrogens is 1410 g/mol. The van der Waals surface area contributed by atoms with E-state index in [2.05, 4.69) is 0 Å². The van der Waals surface area contributed by atoms with Crippen LogP contribution in [0.2, 0.25) is 0 Å². The molecule has 0 atom stereocenters. The first-order valence-electron chi connectivity index (χ1n) is 37.4. The molecule has 0 amide bonds. The lowest BCUT2D eigenvalue weighted by atomic mass is 9.80. The number of ether oxygens (including phenoxy) is 1. The lowest BCUT2D eigenvalue weighted by Gasteiger charge is -2.22. The number of hydrogen-bond acceptors (Lipinski definition) is 12. The van der Waals surface area contributed by atoms with Crippen LogP contribution in [0.1, 0.15) is 334 Å². The van der Waals surface area contributed by atoms with Crippen molar-refractivity contribution >= 4 is 63.5 Å².